The first-order valence-electron chi connectivity index (χ1n) is 17.0. The highest BCUT2D eigenvalue weighted by Gasteiger charge is 2.37. The summed E-state index contributed by atoms with van der Waals surface area (Å²) >= 11 is 0. The number of aliphatic imine (C=N–C) groups is 1. The van der Waals surface area contributed by atoms with E-state index in [4.69, 9.17) is 16.3 Å². The number of likely N-dealkylation sites (N-methyl/N-ethyl adjacent to an activating group) is 1. The Morgan fingerprint density at radius 1 is 0.889 bits per heavy atom. The molecule has 11 N–H and O–H groups in total. The van der Waals surface area contributed by atoms with Gasteiger partial charge in [0.25, 0.3) is 5.91 Å². The molecule has 20 heteroatoms. The number of carboxylic acid groups (broad SMARTS) is 1. The number of carbonyl (C=O) groups excluding carboxylic acids is 7. The number of hydrogen-bond acceptors (Lipinski definition) is 10. The predicted molar refractivity (Wildman–Crippen MR) is 193 cm³/mol. The first-order valence-corrected chi connectivity index (χ1v) is 17.0. The van der Waals surface area contributed by atoms with Crippen molar-refractivity contribution in [2.24, 2.45) is 22.4 Å². The lowest BCUT2D eigenvalue weighted by atomic mass is 9.97. The molecule has 0 saturated carbocycles. The van der Waals surface area contributed by atoms with Gasteiger partial charge < -0.3 is 48.1 Å². The Kier molecular flexibility index (Phi) is 17.0. The largest absolute Gasteiger partial charge is 0.481 e. The molecule has 2 rings (SSSR count). The molecule has 1 aromatic rings. The minimum Gasteiger partial charge on any atom is -0.481 e. The molecule has 0 aromatic heterocycles. The van der Waals surface area contributed by atoms with Crippen LogP contribution in [0.5, 0.6) is 0 Å². The smallest absolute Gasteiger partial charge is 0.305 e. The van der Waals surface area contributed by atoms with E-state index in [-0.39, 0.29) is 30.9 Å². The van der Waals surface area contributed by atoms with Crippen molar-refractivity contribution in [1.29, 1.82) is 0 Å². The third-order valence-corrected chi connectivity index (χ3v) is 8.16. The molecule has 6 atom stereocenters. The van der Waals surface area contributed by atoms with E-state index in [1.807, 2.05) is 5.48 Å². The fourth-order valence-electron chi connectivity index (χ4n) is 5.34. The molecule has 0 aliphatic carbocycles. The number of aliphatic carboxylic acids is 1. The van der Waals surface area contributed by atoms with Crippen molar-refractivity contribution in [3.8, 4) is 0 Å². The molecule has 1 aromatic carbocycles. The van der Waals surface area contributed by atoms with Gasteiger partial charge in [-0.1, -0.05) is 50.8 Å². The van der Waals surface area contributed by atoms with Gasteiger partial charge in [-0.3, -0.25) is 48.2 Å². The predicted octanol–water partition coefficient (Wildman–Crippen LogP) is -3.07. The van der Waals surface area contributed by atoms with E-state index in [9.17, 15) is 43.5 Å². The normalized spacial score (nSPS) is 24.3. The molecule has 296 valence electrons. The van der Waals surface area contributed by atoms with E-state index in [0.29, 0.717) is 5.56 Å². The average molecular weight is 759 g/mol. The van der Waals surface area contributed by atoms with Gasteiger partial charge in [0, 0.05) is 20.0 Å². The van der Waals surface area contributed by atoms with Crippen LogP contribution in [0.1, 0.15) is 46.1 Å². The minimum absolute atomic E-state index is 0.00216. The molecule has 0 unspecified atom stereocenters. The quantitative estimate of drug-likeness (QED) is 0.0689. The molecule has 1 aliphatic rings. The summed E-state index contributed by atoms with van der Waals surface area (Å²) in [6.45, 7) is 8.91. The number of nitrogens with one attached hydrogen (secondary N) is 6. The Hall–Kier alpha value is -6.05. The Bertz CT molecular complexity index is 1600. The molecule has 1 heterocycles. The highest BCUT2D eigenvalue weighted by molar-refractivity contribution is 5.98. The highest BCUT2D eigenvalue weighted by atomic mass is 16.7. The number of guanidine groups is 1. The van der Waals surface area contributed by atoms with Gasteiger partial charge in [-0.25, -0.2) is 5.48 Å². The van der Waals surface area contributed by atoms with Crippen LogP contribution in [0.15, 0.2) is 47.5 Å². The standard InChI is InChI=1S/C34H50N10O10/c1-17(2)27-32(52)42-26(18(3)12-13-37-34(35)36)31(51)43-54-16-24(45)40-22(15-25(46)47)30(50)39-19(4)28(48)38-20(5)29(49)41-23(33(53)44(27)6)14-21-10-8-7-9-11-21/h7-11,17,19-20,22-23,26-27H,3,12-16H2,1-2,4-6H3,(H,38,48)(H,39,50)(H,40,45)(H,41,49)(H,42,52)(H,43,51)(H,46,47)(H4,35,36,37)/t19-,20-,22-,23+,26-,27-/m0/s1. The lowest BCUT2D eigenvalue weighted by molar-refractivity contribution is -0.146. The van der Waals surface area contributed by atoms with E-state index in [0.717, 1.165) is 4.90 Å². The van der Waals surface area contributed by atoms with E-state index in [2.05, 4.69) is 38.2 Å². The van der Waals surface area contributed by atoms with Crippen LogP contribution in [-0.4, -0.2) is 120 Å². The molecule has 0 spiro atoms. The Labute approximate surface area is 312 Å². The van der Waals surface area contributed by atoms with Crippen molar-refractivity contribution in [1.82, 2.24) is 37.0 Å². The number of benzene rings is 1. The van der Waals surface area contributed by atoms with Crippen LogP contribution < -0.4 is 43.5 Å². The third-order valence-electron chi connectivity index (χ3n) is 8.16. The summed E-state index contributed by atoms with van der Waals surface area (Å²) in [6, 6.07) is 0.541. The average Bonchev–Trinajstić information content (AvgIpc) is 3.08. The lowest BCUT2D eigenvalue weighted by Crippen LogP contribution is -2.61. The third kappa shape index (κ3) is 13.8. The van der Waals surface area contributed by atoms with Crippen molar-refractivity contribution in [3.05, 3.63) is 48.0 Å². The number of hydroxylamine groups is 1. The van der Waals surface area contributed by atoms with Crippen molar-refractivity contribution >= 4 is 53.3 Å². The van der Waals surface area contributed by atoms with Gasteiger partial charge in [-0.15, -0.1) is 0 Å². The molecule has 0 bridgehead atoms. The topological polar surface area (TPSA) is 306 Å². The summed E-state index contributed by atoms with van der Waals surface area (Å²) in [4.78, 5) is 115. The van der Waals surface area contributed by atoms with Crippen molar-refractivity contribution < 1.29 is 48.3 Å². The van der Waals surface area contributed by atoms with Crippen LogP contribution in [0.4, 0.5) is 0 Å². The van der Waals surface area contributed by atoms with Gasteiger partial charge in [0.15, 0.2) is 12.6 Å². The SMILES string of the molecule is C=C(CCN=C(N)N)[C@@H]1NC(=O)[C@H](C(C)C)N(C)C(=O)[C@@H](Cc2ccccc2)NC(=O)[C@H](C)NC(=O)[C@H](C)NC(=O)[C@H](CC(=O)O)NC(=O)CONC1=O. The molecular weight excluding hydrogens is 708 g/mol. The minimum atomic E-state index is -1.68. The molecule has 1 fully saturated rings. The summed E-state index contributed by atoms with van der Waals surface area (Å²) in [5, 5.41) is 21.5. The molecule has 54 heavy (non-hydrogen) atoms. The molecule has 7 amide bonds. The maximum atomic E-state index is 14.1. The zero-order valence-electron chi connectivity index (χ0n) is 30.8. The Morgan fingerprint density at radius 3 is 2.06 bits per heavy atom. The van der Waals surface area contributed by atoms with E-state index in [1.54, 1.807) is 44.2 Å². The maximum Gasteiger partial charge on any atom is 0.305 e. The van der Waals surface area contributed by atoms with Crippen LogP contribution in [-0.2, 0) is 49.6 Å². The van der Waals surface area contributed by atoms with Gasteiger partial charge >= 0.3 is 5.97 Å². The number of nitrogens with zero attached hydrogens (tertiary/aromatic N) is 2. The monoisotopic (exact) mass is 758 g/mol. The Balaban J connectivity index is 2.58. The summed E-state index contributed by atoms with van der Waals surface area (Å²) in [5.41, 5.74) is 13.6. The number of hydrogen-bond donors (Lipinski definition) is 9. The zero-order valence-corrected chi connectivity index (χ0v) is 30.8. The van der Waals surface area contributed by atoms with Gasteiger partial charge in [0.1, 0.15) is 36.3 Å². The van der Waals surface area contributed by atoms with Crippen molar-refractivity contribution in [2.45, 2.75) is 83.2 Å². The fraction of sp³-hybridized carbons (Fsp3) is 0.500. The highest BCUT2D eigenvalue weighted by Crippen LogP contribution is 2.16. The van der Waals surface area contributed by atoms with Crippen LogP contribution in [0.3, 0.4) is 0 Å². The molecule has 1 aliphatic heterocycles. The number of amides is 7. The summed E-state index contributed by atoms with van der Waals surface area (Å²) < 4.78 is 0. The second kappa shape index (κ2) is 20.9. The van der Waals surface area contributed by atoms with Gasteiger partial charge in [-0.2, -0.15) is 0 Å². The second-order valence-electron chi connectivity index (χ2n) is 13.0. The maximum absolute atomic E-state index is 14.1. The van der Waals surface area contributed by atoms with Gasteiger partial charge in [0.2, 0.25) is 35.4 Å². The Morgan fingerprint density at radius 2 is 1.48 bits per heavy atom. The second-order valence-corrected chi connectivity index (χ2v) is 13.0. The van der Waals surface area contributed by atoms with Gasteiger partial charge in [-0.05, 0) is 37.3 Å². The number of carboxylic acids is 1. The van der Waals surface area contributed by atoms with Crippen LogP contribution >= 0.6 is 0 Å². The van der Waals surface area contributed by atoms with Crippen LogP contribution in [0.2, 0.25) is 0 Å². The van der Waals surface area contributed by atoms with Crippen LogP contribution in [0.25, 0.3) is 0 Å². The first-order chi connectivity index (χ1) is 25.3. The number of carbonyl (C=O) groups is 8. The van der Waals surface area contributed by atoms with Gasteiger partial charge in [0.05, 0.1) is 6.42 Å². The molecule has 0 radical (unpaired) electrons. The lowest BCUT2D eigenvalue weighted by Gasteiger charge is -2.34. The molecular formula is C34H50N10O10. The fourth-order valence-corrected chi connectivity index (χ4v) is 5.34. The number of nitrogens with two attached hydrogens (primary N) is 2. The van der Waals surface area contributed by atoms with Crippen LogP contribution in [0, 0.1) is 5.92 Å². The summed E-state index contributed by atoms with van der Waals surface area (Å²) in [6.07, 6.45) is -0.888. The molecule has 20 nitrogen and oxygen atoms in total. The summed E-state index contributed by atoms with van der Waals surface area (Å²) in [7, 11) is 1.37. The first kappa shape index (κ1) is 44.1. The van der Waals surface area contributed by atoms with Crippen molar-refractivity contribution in [2.75, 3.05) is 20.2 Å². The molecule has 1 saturated heterocycles. The van der Waals surface area contributed by atoms with Crippen molar-refractivity contribution in [3.63, 3.8) is 0 Å². The van der Waals surface area contributed by atoms with E-state index < -0.39 is 103 Å². The van der Waals surface area contributed by atoms with E-state index in [1.165, 1.54) is 20.9 Å². The summed E-state index contributed by atoms with van der Waals surface area (Å²) in [5.74, 6) is -8.37. The zero-order chi connectivity index (χ0) is 40.7. The van der Waals surface area contributed by atoms with E-state index >= 15 is 0 Å². The number of rotatable bonds is 9.